The highest BCUT2D eigenvalue weighted by Crippen LogP contribution is 2.06. The maximum absolute atomic E-state index is 9.76. The number of aliphatic hydroxyl groups excluding tert-OH is 1. The SMILES string of the molecule is OC(CNc1ccccc1)COc1ccccn1. The Bertz CT molecular complexity index is 404. The number of anilines is 1. The second kappa shape index (κ2) is 6.61. The summed E-state index contributed by atoms with van der Waals surface area (Å²) < 4.78 is 5.36. The van der Waals surface area contributed by atoms with Gasteiger partial charge in [0, 0.05) is 24.5 Å². The third-order valence-electron chi connectivity index (χ3n) is 2.38. The van der Waals surface area contributed by atoms with Crippen molar-refractivity contribution >= 4 is 5.69 Å². The molecular weight excluding hydrogens is 228 g/mol. The maximum Gasteiger partial charge on any atom is 0.213 e. The third kappa shape index (κ3) is 4.07. The van der Waals surface area contributed by atoms with Gasteiger partial charge >= 0.3 is 0 Å². The maximum atomic E-state index is 9.76. The molecule has 4 nitrogen and oxygen atoms in total. The summed E-state index contributed by atoms with van der Waals surface area (Å²) in [7, 11) is 0. The molecule has 94 valence electrons. The highest BCUT2D eigenvalue weighted by Gasteiger charge is 2.05. The summed E-state index contributed by atoms with van der Waals surface area (Å²) in [6.45, 7) is 0.660. The van der Waals surface area contributed by atoms with Gasteiger partial charge in [0.25, 0.3) is 0 Å². The van der Waals surface area contributed by atoms with E-state index in [1.54, 1.807) is 12.3 Å². The Morgan fingerprint density at radius 1 is 1.11 bits per heavy atom. The first-order valence-electron chi connectivity index (χ1n) is 5.85. The number of aromatic nitrogens is 1. The highest BCUT2D eigenvalue weighted by atomic mass is 16.5. The molecule has 0 aliphatic heterocycles. The summed E-state index contributed by atoms with van der Waals surface area (Å²) in [5.74, 6) is 0.524. The summed E-state index contributed by atoms with van der Waals surface area (Å²) in [4.78, 5) is 4.02. The van der Waals surface area contributed by atoms with E-state index in [-0.39, 0.29) is 6.61 Å². The van der Waals surface area contributed by atoms with Gasteiger partial charge in [0.15, 0.2) is 0 Å². The number of pyridine rings is 1. The van der Waals surface area contributed by atoms with Gasteiger partial charge in [-0.1, -0.05) is 24.3 Å². The number of nitrogens with one attached hydrogen (secondary N) is 1. The zero-order valence-corrected chi connectivity index (χ0v) is 9.99. The predicted molar refractivity (Wildman–Crippen MR) is 70.7 cm³/mol. The van der Waals surface area contributed by atoms with Crippen LogP contribution in [0.15, 0.2) is 54.7 Å². The van der Waals surface area contributed by atoms with Gasteiger partial charge in [-0.25, -0.2) is 4.98 Å². The molecule has 0 amide bonds. The predicted octanol–water partition coefficient (Wildman–Crippen LogP) is 1.93. The van der Waals surface area contributed by atoms with Crippen LogP contribution in [0.2, 0.25) is 0 Å². The van der Waals surface area contributed by atoms with Gasteiger partial charge in [-0.3, -0.25) is 0 Å². The van der Waals surface area contributed by atoms with Crippen molar-refractivity contribution in [2.75, 3.05) is 18.5 Å². The second-order valence-corrected chi connectivity index (χ2v) is 3.88. The fourth-order valence-electron chi connectivity index (χ4n) is 1.46. The molecule has 0 radical (unpaired) electrons. The molecular formula is C14H16N2O2. The van der Waals surface area contributed by atoms with Gasteiger partial charge in [-0.2, -0.15) is 0 Å². The number of nitrogens with zero attached hydrogens (tertiary/aromatic N) is 1. The van der Waals surface area contributed by atoms with E-state index in [1.165, 1.54) is 0 Å². The van der Waals surface area contributed by atoms with E-state index in [0.29, 0.717) is 12.4 Å². The zero-order chi connectivity index (χ0) is 12.6. The van der Waals surface area contributed by atoms with Gasteiger partial charge in [0.05, 0.1) is 0 Å². The molecule has 0 saturated heterocycles. The van der Waals surface area contributed by atoms with Crippen molar-refractivity contribution in [1.82, 2.24) is 4.98 Å². The molecule has 0 aliphatic rings. The summed E-state index contributed by atoms with van der Waals surface area (Å²) in [6.07, 6.45) is 1.08. The minimum absolute atomic E-state index is 0.219. The molecule has 18 heavy (non-hydrogen) atoms. The monoisotopic (exact) mass is 244 g/mol. The highest BCUT2D eigenvalue weighted by molar-refractivity contribution is 5.42. The Labute approximate surface area is 106 Å². The minimum atomic E-state index is -0.577. The molecule has 0 saturated carbocycles. The molecule has 0 fully saturated rings. The van der Waals surface area contributed by atoms with Crippen LogP contribution in [0.25, 0.3) is 0 Å². The Hall–Kier alpha value is -2.07. The summed E-state index contributed by atoms with van der Waals surface area (Å²) in [5.41, 5.74) is 0.981. The molecule has 4 heteroatoms. The van der Waals surface area contributed by atoms with Crippen molar-refractivity contribution in [3.63, 3.8) is 0 Å². The van der Waals surface area contributed by atoms with Crippen LogP contribution in [0.3, 0.4) is 0 Å². The first-order valence-corrected chi connectivity index (χ1v) is 5.85. The minimum Gasteiger partial charge on any atom is -0.475 e. The molecule has 1 heterocycles. The number of rotatable bonds is 6. The van der Waals surface area contributed by atoms with Crippen molar-refractivity contribution < 1.29 is 9.84 Å². The molecule has 0 aliphatic carbocycles. The molecule has 2 N–H and O–H groups in total. The van der Waals surface area contributed by atoms with E-state index < -0.39 is 6.10 Å². The summed E-state index contributed by atoms with van der Waals surface area (Å²) in [6, 6.07) is 15.2. The quantitative estimate of drug-likeness (QED) is 0.815. The van der Waals surface area contributed by atoms with E-state index in [1.807, 2.05) is 42.5 Å². The molecule has 1 aromatic carbocycles. The fourth-order valence-corrected chi connectivity index (χ4v) is 1.46. The smallest absolute Gasteiger partial charge is 0.213 e. The first-order chi connectivity index (χ1) is 8.84. The van der Waals surface area contributed by atoms with Crippen molar-refractivity contribution in [3.8, 4) is 5.88 Å². The fraction of sp³-hybridized carbons (Fsp3) is 0.214. The lowest BCUT2D eigenvalue weighted by Crippen LogP contribution is -2.26. The number of ether oxygens (including phenoxy) is 1. The van der Waals surface area contributed by atoms with Crippen molar-refractivity contribution in [3.05, 3.63) is 54.7 Å². The van der Waals surface area contributed by atoms with Gasteiger partial charge in [-0.05, 0) is 18.2 Å². The van der Waals surface area contributed by atoms with Crippen molar-refractivity contribution in [2.45, 2.75) is 6.10 Å². The average Bonchev–Trinajstić information content (AvgIpc) is 2.45. The average molecular weight is 244 g/mol. The van der Waals surface area contributed by atoms with E-state index >= 15 is 0 Å². The Kier molecular flexibility index (Phi) is 4.55. The van der Waals surface area contributed by atoms with E-state index in [9.17, 15) is 5.11 Å². The van der Waals surface area contributed by atoms with Crippen molar-refractivity contribution in [1.29, 1.82) is 0 Å². The molecule has 2 aromatic rings. The van der Waals surface area contributed by atoms with Gasteiger partial charge in [0.1, 0.15) is 12.7 Å². The topological polar surface area (TPSA) is 54.4 Å². The normalized spacial score (nSPS) is 11.8. The standard InChI is InChI=1S/C14H16N2O2/c17-13(10-16-12-6-2-1-3-7-12)11-18-14-8-4-5-9-15-14/h1-9,13,16-17H,10-11H2. The van der Waals surface area contributed by atoms with Crippen LogP contribution in [-0.2, 0) is 0 Å². The zero-order valence-electron chi connectivity index (χ0n) is 9.99. The van der Waals surface area contributed by atoms with Crippen LogP contribution in [0.1, 0.15) is 0 Å². The molecule has 2 rings (SSSR count). The first kappa shape index (κ1) is 12.4. The molecule has 1 aromatic heterocycles. The number of hydrogen-bond donors (Lipinski definition) is 2. The lowest BCUT2D eigenvalue weighted by Gasteiger charge is -2.13. The largest absolute Gasteiger partial charge is 0.475 e. The van der Waals surface area contributed by atoms with Crippen LogP contribution in [0, 0.1) is 0 Å². The van der Waals surface area contributed by atoms with Gasteiger partial charge < -0.3 is 15.2 Å². The lowest BCUT2D eigenvalue weighted by molar-refractivity contribution is 0.115. The Morgan fingerprint density at radius 2 is 1.89 bits per heavy atom. The summed E-state index contributed by atoms with van der Waals surface area (Å²) >= 11 is 0. The van der Waals surface area contributed by atoms with Gasteiger partial charge in [0.2, 0.25) is 5.88 Å². The van der Waals surface area contributed by atoms with Crippen LogP contribution in [0.4, 0.5) is 5.69 Å². The third-order valence-corrected chi connectivity index (χ3v) is 2.38. The van der Waals surface area contributed by atoms with Crippen LogP contribution in [-0.4, -0.2) is 29.3 Å². The van der Waals surface area contributed by atoms with Crippen LogP contribution < -0.4 is 10.1 Å². The number of para-hydroxylation sites is 1. The van der Waals surface area contributed by atoms with E-state index in [2.05, 4.69) is 10.3 Å². The number of benzene rings is 1. The number of aliphatic hydroxyl groups is 1. The molecule has 1 atom stereocenters. The Balaban J connectivity index is 1.71. The van der Waals surface area contributed by atoms with E-state index in [4.69, 9.17) is 4.74 Å². The van der Waals surface area contributed by atoms with Crippen molar-refractivity contribution in [2.24, 2.45) is 0 Å². The lowest BCUT2D eigenvalue weighted by atomic mass is 10.3. The van der Waals surface area contributed by atoms with Crippen LogP contribution >= 0.6 is 0 Å². The van der Waals surface area contributed by atoms with Crippen LogP contribution in [0.5, 0.6) is 5.88 Å². The number of hydrogen-bond acceptors (Lipinski definition) is 4. The molecule has 0 spiro atoms. The molecule has 0 bridgehead atoms. The van der Waals surface area contributed by atoms with Gasteiger partial charge in [-0.15, -0.1) is 0 Å². The van der Waals surface area contributed by atoms with E-state index in [0.717, 1.165) is 5.69 Å². The summed E-state index contributed by atoms with van der Waals surface area (Å²) in [5, 5.41) is 12.9. The second-order valence-electron chi connectivity index (χ2n) is 3.88. The Morgan fingerprint density at radius 3 is 2.61 bits per heavy atom. The molecule has 1 unspecified atom stereocenters.